The first-order valence-corrected chi connectivity index (χ1v) is 9.63. The van der Waals surface area contributed by atoms with E-state index < -0.39 is 25.1 Å². The zero-order chi connectivity index (χ0) is 17.4. The van der Waals surface area contributed by atoms with Gasteiger partial charge in [-0.05, 0) is 29.7 Å². The van der Waals surface area contributed by atoms with Crippen molar-refractivity contribution in [2.24, 2.45) is 0 Å². The van der Waals surface area contributed by atoms with Gasteiger partial charge in [0.2, 0.25) is 0 Å². The summed E-state index contributed by atoms with van der Waals surface area (Å²) < 4.78 is 62.4. The highest BCUT2D eigenvalue weighted by Gasteiger charge is 2.22. The second-order valence-corrected chi connectivity index (χ2v) is 7.87. The second kappa shape index (κ2) is 5.90. The highest BCUT2D eigenvalue weighted by Crippen LogP contribution is 2.33. The number of benzene rings is 3. The third-order valence-corrected chi connectivity index (χ3v) is 5.48. The van der Waals surface area contributed by atoms with Crippen LogP contribution in [0.3, 0.4) is 0 Å². The van der Waals surface area contributed by atoms with Gasteiger partial charge in [0.05, 0.1) is 0 Å². The van der Waals surface area contributed by atoms with Crippen LogP contribution in [-0.4, -0.2) is 21.4 Å². The van der Waals surface area contributed by atoms with E-state index in [0.717, 1.165) is 0 Å². The standard InChI is InChI=1S/C16H12O6S2/c17-23(18,19)15-11-5-7-12-6-4-10-14(16(12)15)22-24(20,21)13-8-2-1-3-9-13/h1-11H,(H,17,18,19). The lowest BCUT2D eigenvalue weighted by Crippen LogP contribution is -2.10. The summed E-state index contributed by atoms with van der Waals surface area (Å²) in [7, 11) is -8.69. The van der Waals surface area contributed by atoms with Gasteiger partial charge in [-0.1, -0.05) is 42.5 Å². The molecule has 0 aliphatic heterocycles. The van der Waals surface area contributed by atoms with Crippen LogP contribution in [0.4, 0.5) is 0 Å². The van der Waals surface area contributed by atoms with Gasteiger partial charge in [-0.15, -0.1) is 0 Å². The molecule has 0 aliphatic rings. The molecule has 0 unspecified atom stereocenters. The van der Waals surface area contributed by atoms with E-state index in [0.29, 0.717) is 5.39 Å². The Morgan fingerprint density at radius 1 is 0.750 bits per heavy atom. The van der Waals surface area contributed by atoms with E-state index in [9.17, 15) is 21.4 Å². The molecule has 3 aromatic carbocycles. The Morgan fingerprint density at radius 3 is 2.00 bits per heavy atom. The van der Waals surface area contributed by atoms with Crippen LogP contribution in [0.5, 0.6) is 5.75 Å². The fourth-order valence-electron chi connectivity index (χ4n) is 2.31. The Morgan fingerprint density at radius 2 is 1.38 bits per heavy atom. The minimum Gasteiger partial charge on any atom is -0.378 e. The Labute approximate surface area is 139 Å². The van der Waals surface area contributed by atoms with Crippen LogP contribution in [0.25, 0.3) is 10.8 Å². The van der Waals surface area contributed by atoms with Crippen molar-refractivity contribution in [3.63, 3.8) is 0 Å². The van der Waals surface area contributed by atoms with Gasteiger partial charge in [-0.2, -0.15) is 16.8 Å². The fourth-order valence-corrected chi connectivity index (χ4v) is 4.00. The van der Waals surface area contributed by atoms with Gasteiger partial charge in [-0.25, -0.2) is 0 Å². The Bertz CT molecular complexity index is 1100. The van der Waals surface area contributed by atoms with Crippen molar-refractivity contribution in [2.75, 3.05) is 0 Å². The number of rotatable bonds is 4. The third kappa shape index (κ3) is 3.12. The van der Waals surface area contributed by atoms with E-state index in [1.165, 1.54) is 36.4 Å². The highest BCUT2D eigenvalue weighted by atomic mass is 32.2. The van der Waals surface area contributed by atoms with Crippen molar-refractivity contribution < 1.29 is 25.6 Å². The average molecular weight is 364 g/mol. The van der Waals surface area contributed by atoms with Crippen molar-refractivity contribution in [1.82, 2.24) is 0 Å². The summed E-state index contributed by atoms with van der Waals surface area (Å²) in [5.41, 5.74) is 0. The molecular weight excluding hydrogens is 352 g/mol. The van der Waals surface area contributed by atoms with Crippen LogP contribution in [0.1, 0.15) is 0 Å². The molecule has 3 rings (SSSR count). The molecule has 0 aromatic heterocycles. The SMILES string of the molecule is O=S(=O)(O)c1cccc2cccc(OS(=O)(=O)c3ccccc3)c12. The molecule has 124 valence electrons. The first-order valence-electron chi connectivity index (χ1n) is 6.78. The maximum absolute atomic E-state index is 12.4. The van der Waals surface area contributed by atoms with Gasteiger partial charge < -0.3 is 4.18 Å². The minimum atomic E-state index is -4.55. The van der Waals surface area contributed by atoms with Crippen LogP contribution in [0.15, 0.2) is 76.5 Å². The minimum absolute atomic E-state index is 0.00186. The summed E-state index contributed by atoms with van der Waals surface area (Å²) >= 11 is 0. The molecule has 0 heterocycles. The highest BCUT2D eigenvalue weighted by molar-refractivity contribution is 7.87. The van der Waals surface area contributed by atoms with Crippen LogP contribution < -0.4 is 4.18 Å². The van der Waals surface area contributed by atoms with Crippen molar-refractivity contribution in [3.05, 3.63) is 66.7 Å². The lowest BCUT2D eigenvalue weighted by Gasteiger charge is -2.11. The summed E-state index contributed by atoms with van der Waals surface area (Å²) in [6.45, 7) is 0. The molecule has 6 nitrogen and oxygen atoms in total. The van der Waals surface area contributed by atoms with E-state index in [-0.39, 0.29) is 16.0 Å². The molecule has 0 bridgehead atoms. The first-order chi connectivity index (χ1) is 11.3. The predicted octanol–water partition coefficient (Wildman–Crippen LogP) is 2.85. The maximum Gasteiger partial charge on any atom is 0.339 e. The molecule has 0 amide bonds. The van der Waals surface area contributed by atoms with Gasteiger partial charge in [0.15, 0.2) is 5.75 Å². The van der Waals surface area contributed by atoms with Crippen molar-refractivity contribution >= 4 is 31.0 Å². The number of hydrogen-bond donors (Lipinski definition) is 1. The molecule has 0 fully saturated rings. The molecule has 8 heteroatoms. The van der Waals surface area contributed by atoms with E-state index >= 15 is 0 Å². The monoisotopic (exact) mass is 364 g/mol. The molecule has 3 aromatic rings. The van der Waals surface area contributed by atoms with Gasteiger partial charge in [-0.3, -0.25) is 4.55 Å². The maximum atomic E-state index is 12.4. The van der Waals surface area contributed by atoms with E-state index in [2.05, 4.69) is 0 Å². The summed E-state index contributed by atoms with van der Waals surface area (Å²) in [6.07, 6.45) is 0. The van der Waals surface area contributed by atoms with Crippen LogP contribution in [-0.2, 0) is 20.2 Å². The zero-order valence-electron chi connectivity index (χ0n) is 12.2. The van der Waals surface area contributed by atoms with Crippen molar-refractivity contribution in [3.8, 4) is 5.75 Å². The van der Waals surface area contributed by atoms with Crippen molar-refractivity contribution in [1.29, 1.82) is 0 Å². The molecule has 0 spiro atoms. The molecule has 0 saturated heterocycles. The second-order valence-electron chi connectivity index (χ2n) is 4.94. The van der Waals surface area contributed by atoms with Crippen LogP contribution in [0, 0.1) is 0 Å². The van der Waals surface area contributed by atoms with E-state index in [4.69, 9.17) is 4.18 Å². The predicted molar refractivity (Wildman–Crippen MR) is 88.0 cm³/mol. The summed E-state index contributed by atoms with van der Waals surface area (Å²) in [5.74, 6) is -0.176. The van der Waals surface area contributed by atoms with E-state index in [1.807, 2.05) is 0 Å². The molecule has 0 saturated carbocycles. The largest absolute Gasteiger partial charge is 0.378 e. The molecular formula is C16H12O6S2. The average Bonchev–Trinajstić information content (AvgIpc) is 2.54. The number of hydrogen-bond acceptors (Lipinski definition) is 5. The third-order valence-electron chi connectivity index (χ3n) is 3.34. The first kappa shape index (κ1) is 16.4. The lowest BCUT2D eigenvalue weighted by atomic mass is 10.1. The van der Waals surface area contributed by atoms with Crippen LogP contribution >= 0.6 is 0 Å². The Hall–Kier alpha value is -2.42. The summed E-state index contributed by atoms with van der Waals surface area (Å²) in [4.78, 5) is -0.481. The fraction of sp³-hybridized carbons (Fsp3) is 0. The Balaban J connectivity index is 2.21. The smallest absolute Gasteiger partial charge is 0.339 e. The van der Waals surface area contributed by atoms with Gasteiger partial charge in [0, 0.05) is 5.39 Å². The Kier molecular flexibility index (Phi) is 4.04. The van der Waals surface area contributed by atoms with Gasteiger partial charge in [0.1, 0.15) is 9.79 Å². The topological polar surface area (TPSA) is 97.7 Å². The molecule has 1 N–H and O–H groups in total. The number of fused-ring (bicyclic) bond motifs is 1. The summed E-state index contributed by atoms with van der Waals surface area (Å²) in [5, 5.41) is 0.424. The van der Waals surface area contributed by atoms with Gasteiger partial charge >= 0.3 is 10.1 Å². The lowest BCUT2D eigenvalue weighted by molar-refractivity contribution is 0.479. The quantitative estimate of drug-likeness (QED) is 0.565. The molecule has 24 heavy (non-hydrogen) atoms. The molecule has 0 atom stereocenters. The summed E-state index contributed by atoms with van der Waals surface area (Å²) in [6, 6.07) is 16.1. The molecule has 0 aliphatic carbocycles. The van der Waals surface area contributed by atoms with Crippen molar-refractivity contribution in [2.45, 2.75) is 9.79 Å². The van der Waals surface area contributed by atoms with Crippen LogP contribution in [0.2, 0.25) is 0 Å². The normalized spacial score (nSPS) is 12.2. The zero-order valence-corrected chi connectivity index (χ0v) is 13.8. The van der Waals surface area contributed by atoms with E-state index in [1.54, 1.807) is 30.3 Å². The van der Waals surface area contributed by atoms with Gasteiger partial charge in [0.25, 0.3) is 10.1 Å². The molecule has 0 radical (unpaired) electrons.